The number of ether oxygens (including phenoxy) is 1. The van der Waals surface area contributed by atoms with Crippen molar-refractivity contribution in [3.8, 4) is 5.75 Å². The highest BCUT2D eigenvalue weighted by molar-refractivity contribution is 5.35. The molecule has 2 atom stereocenters. The maximum absolute atomic E-state index is 5.48. The molecule has 3 rings (SSSR count). The van der Waals surface area contributed by atoms with Crippen molar-refractivity contribution < 1.29 is 4.74 Å². The fourth-order valence-electron chi connectivity index (χ4n) is 4.41. The molecule has 2 fully saturated rings. The van der Waals surface area contributed by atoms with Gasteiger partial charge in [-0.3, -0.25) is 0 Å². The minimum atomic E-state index is 0.337. The van der Waals surface area contributed by atoms with Gasteiger partial charge in [0.2, 0.25) is 0 Å². The van der Waals surface area contributed by atoms with E-state index in [0.29, 0.717) is 11.3 Å². The topological polar surface area (TPSA) is 12.5 Å². The number of hydrogen-bond acceptors (Lipinski definition) is 2. The summed E-state index contributed by atoms with van der Waals surface area (Å²) in [6, 6.07) is 8.83. The lowest BCUT2D eigenvalue weighted by atomic mass is 9.64. The third-order valence-corrected chi connectivity index (χ3v) is 5.90. The van der Waals surface area contributed by atoms with E-state index in [1.54, 1.807) is 7.11 Å². The minimum absolute atomic E-state index is 0.337. The number of hydrogen-bond donors (Lipinski definition) is 0. The lowest BCUT2D eigenvalue weighted by Crippen LogP contribution is -2.49. The first-order valence-corrected chi connectivity index (χ1v) is 9.05. The number of piperidine rings is 1. The van der Waals surface area contributed by atoms with Gasteiger partial charge in [-0.05, 0) is 61.8 Å². The second-order valence-electron chi connectivity index (χ2n) is 7.49. The van der Waals surface area contributed by atoms with Gasteiger partial charge < -0.3 is 9.64 Å². The molecule has 1 aromatic rings. The minimum Gasteiger partial charge on any atom is -0.497 e. The van der Waals surface area contributed by atoms with Gasteiger partial charge >= 0.3 is 0 Å². The van der Waals surface area contributed by atoms with Crippen molar-refractivity contribution >= 4 is 0 Å². The number of likely N-dealkylation sites (tertiary alicyclic amines) is 1. The van der Waals surface area contributed by atoms with Gasteiger partial charge in [0.05, 0.1) is 7.11 Å². The zero-order chi connectivity index (χ0) is 15.6. The largest absolute Gasteiger partial charge is 0.497 e. The molecule has 1 aliphatic heterocycles. The van der Waals surface area contributed by atoms with E-state index in [-0.39, 0.29) is 0 Å². The first-order chi connectivity index (χ1) is 10.7. The van der Waals surface area contributed by atoms with Crippen LogP contribution in [0, 0.1) is 11.8 Å². The molecule has 0 spiro atoms. The zero-order valence-electron chi connectivity index (χ0n) is 14.5. The summed E-state index contributed by atoms with van der Waals surface area (Å²) in [5.41, 5.74) is 1.83. The van der Waals surface area contributed by atoms with Crippen LogP contribution < -0.4 is 4.74 Å². The Morgan fingerprint density at radius 2 is 2.14 bits per heavy atom. The average Bonchev–Trinajstić information content (AvgIpc) is 3.34. The molecule has 2 heteroatoms. The summed E-state index contributed by atoms with van der Waals surface area (Å²) in [5, 5.41) is 0. The van der Waals surface area contributed by atoms with Gasteiger partial charge in [0.1, 0.15) is 5.75 Å². The number of rotatable bonds is 6. The average molecular weight is 301 g/mol. The van der Waals surface area contributed by atoms with Crippen LogP contribution in [0.15, 0.2) is 24.3 Å². The van der Waals surface area contributed by atoms with E-state index in [1.807, 2.05) is 0 Å². The Morgan fingerprint density at radius 3 is 2.77 bits per heavy atom. The summed E-state index contributed by atoms with van der Waals surface area (Å²) >= 11 is 0. The summed E-state index contributed by atoms with van der Waals surface area (Å²) in [4.78, 5) is 2.72. The van der Waals surface area contributed by atoms with Gasteiger partial charge in [0.15, 0.2) is 0 Å². The van der Waals surface area contributed by atoms with Crippen LogP contribution in [0.25, 0.3) is 0 Å². The maximum atomic E-state index is 5.48. The van der Waals surface area contributed by atoms with Crippen molar-refractivity contribution in [3.63, 3.8) is 0 Å². The Labute approximate surface area is 135 Å². The fraction of sp³-hybridized carbons (Fsp3) is 0.700. The third-order valence-electron chi connectivity index (χ3n) is 5.90. The highest BCUT2D eigenvalue weighted by atomic mass is 16.5. The first-order valence-electron chi connectivity index (χ1n) is 9.05. The second kappa shape index (κ2) is 6.62. The molecule has 122 valence electrons. The second-order valence-corrected chi connectivity index (χ2v) is 7.49. The predicted octanol–water partition coefficient (Wildman–Crippen LogP) is 4.48. The predicted molar refractivity (Wildman–Crippen MR) is 92.5 cm³/mol. The van der Waals surface area contributed by atoms with Crippen molar-refractivity contribution in [2.24, 2.45) is 11.8 Å². The standard InChI is InChI=1S/C20H31NO/c1-4-10-20(18-6-5-7-19(13-18)22-3)11-12-21(14-16(20)2)15-17-8-9-17/h5-7,13,16-17H,4,8-12,14-15H2,1-3H3. The Hall–Kier alpha value is -1.02. The summed E-state index contributed by atoms with van der Waals surface area (Å²) in [7, 11) is 1.77. The fourth-order valence-corrected chi connectivity index (χ4v) is 4.41. The van der Waals surface area contributed by atoms with E-state index in [1.165, 1.54) is 57.3 Å². The molecule has 2 aliphatic rings. The smallest absolute Gasteiger partial charge is 0.119 e. The monoisotopic (exact) mass is 301 g/mol. The lowest BCUT2D eigenvalue weighted by molar-refractivity contribution is 0.0893. The van der Waals surface area contributed by atoms with Gasteiger partial charge in [-0.2, -0.15) is 0 Å². The van der Waals surface area contributed by atoms with Crippen molar-refractivity contribution in [3.05, 3.63) is 29.8 Å². The van der Waals surface area contributed by atoms with Crippen molar-refractivity contribution in [1.82, 2.24) is 4.90 Å². The van der Waals surface area contributed by atoms with Crippen LogP contribution in [0.4, 0.5) is 0 Å². The van der Waals surface area contributed by atoms with E-state index < -0.39 is 0 Å². The third kappa shape index (κ3) is 3.17. The van der Waals surface area contributed by atoms with Crippen LogP contribution >= 0.6 is 0 Å². The van der Waals surface area contributed by atoms with Gasteiger partial charge in [-0.25, -0.2) is 0 Å². The molecule has 1 saturated carbocycles. The van der Waals surface area contributed by atoms with Gasteiger partial charge in [-0.15, -0.1) is 0 Å². The van der Waals surface area contributed by atoms with Gasteiger partial charge in [0, 0.05) is 18.5 Å². The molecule has 1 aliphatic carbocycles. The lowest BCUT2D eigenvalue weighted by Gasteiger charge is -2.47. The molecule has 0 amide bonds. The molecule has 0 N–H and O–H groups in total. The molecule has 2 unspecified atom stereocenters. The number of methoxy groups -OCH3 is 1. The van der Waals surface area contributed by atoms with Crippen LogP contribution in [0.3, 0.4) is 0 Å². The van der Waals surface area contributed by atoms with E-state index in [9.17, 15) is 0 Å². The Bertz CT molecular complexity index is 496. The quantitative estimate of drug-likeness (QED) is 0.768. The van der Waals surface area contributed by atoms with Crippen LogP contribution in [0.2, 0.25) is 0 Å². The molecular formula is C20H31NO. The van der Waals surface area contributed by atoms with E-state index in [4.69, 9.17) is 4.74 Å². The van der Waals surface area contributed by atoms with Crippen LogP contribution in [0.5, 0.6) is 5.75 Å². The Morgan fingerprint density at radius 1 is 1.32 bits per heavy atom. The van der Waals surface area contributed by atoms with Crippen molar-refractivity contribution in [1.29, 1.82) is 0 Å². The molecular weight excluding hydrogens is 270 g/mol. The Balaban J connectivity index is 1.81. The molecule has 1 aromatic carbocycles. The van der Waals surface area contributed by atoms with Crippen LogP contribution in [-0.2, 0) is 5.41 Å². The van der Waals surface area contributed by atoms with Gasteiger partial charge in [-0.1, -0.05) is 32.4 Å². The summed E-state index contributed by atoms with van der Waals surface area (Å²) in [6.07, 6.45) is 6.76. The van der Waals surface area contributed by atoms with Crippen LogP contribution in [0.1, 0.15) is 51.5 Å². The molecule has 0 aromatic heterocycles. The maximum Gasteiger partial charge on any atom is 0.119 e. The number of benzene rings is 1. The Kier molecular flexibility index (Phi) is 4.77. The van der Waals surface area contributed by atoms with Crippen LogP contribution in [-0.4, -0.2) is 31.6 Å². The van der Waals surface area contributed by atoms with E-state index >= 15 is 0 Å². The van der Waals surface area contributed by atoms with Crippen molar-refractivity contribution in [2.45, 2.75) is 51.4 Å². The molecule has 2 nitrogen and oxygen atoms in total. The summed E-state index contributed by atoms with van der Waals surface area (Å²) in [5.74, 6) is 2.72. The summed E-state index contributed by atoms with van der Waals surface area (Å²) in [6.45, 7) is 8.65. The zero-order valence-corrected chi connectivity index (χ0v) is 14.5. The highest BCUT2D eigenvalue weighted by Crippen LogP contribution is 2.45. The molecule has 0 bridgehead atoms. The summed E-state index contributed by atoms with van der Waals surface area (Å²) < 4.78 is 5.48. The normalized spacial score (nSPS) is 29.5. The molecule has 0 radical (unpaired) electrons. The highest BCUT2D eigenvalue weighted by Gasteiger charge is 2.42. The molecule has 22 heavy (non-hydrogen) atoms. The first kappa shape index (κ1) is 15.9. The van der Waals surface area contributed by atoms with E-state index in [0.717, 1.165) is 11.7 Å². The van der Waals surface area contributed by atoms with Crippen molar-refractivity contribution in [2.75, 3.05) is 26.7 Å². The SMILES string of the molecule is CCCC1(c2cccc(OC)c2)CCN(CC2CC2)CC1C. The molecule has 1 heterocycles. The van der Waals surface area contributed by atoms with Gasteiger partial charge in [0.25, 0.3) is 0 Å². The number of nitrogens with zero attached hydrogens (tertiary/aromatic N) is 1. The molecule has 1 saturated heterocycles. The van der Waals surface area contributed by atoms with E-state index in [2.05, 4.69) is 43.0 Å².